The van der Waals surface area contributed by atoms with E-state index in [-0.39, 0.29) is 0 Å². The fourth-order valence-electron chi connectivity index (χ4n) is 1.66. The van der Waals surface area contributed by atoms with Gasteiger partial charge < -0.3 is 4.42 Å². The smallest absolute Gasteiger partial charge is 0.117 e. The summed E-state index contributed by atoms with van der Waals surface area (Å²) in [6, 6.07) is 3.92. The topological polar surface area (TPSA) is 29.3 Å². The molecule has 17 heavy (non-hydrogen) atoms. The molecule has 0 N–H and O–H groups in total. The number of hydrogen-bond donors (Lipinski definition) is 0. The van der Waals surface area contributed by atoms with Gasteiger partial charge in [-0.1, -0.05) is 13.8 Å². The highest BCUT2D eigenvalue weighted by atomic mass is 32.1. The van der Waals surface area contributed by atoms with Gasteiger partial charge in [-0.3, -0.25) is 4.90 Å². The first-order chi connectivity index (χ1) is 8.15. The van der Waals surface area contributed by atoms with Gasteiger partial charge in [-0.15, -0.1) is 11.3 Å². The molecule has 0 amide bonds. The maximum absolute atomic E-state index is 5.33. The second-order valence-corrected chi connectivity index (χ2v) is 5.47. The van der Waals surface area contributed by atoms with Crippen LogP contribution in [0.5, 0.6) is 0 Å². The van der Waals surface area contributed by atoms with Crippen molar-refractivity contribution in [2.75, 3.05) is 7.05 Å². The fourth-order valence-corrected chi connectivity index (χ4v) is 2.49. The van der Waals surface area contributed by atoms with E-state index in [0.29, 0.717) is 5.92 Å². The molecule has 0 aliphatic rings. The van der Waals surface area contributed by atoms with Crippen molar-refractivity contribution in [3.8, 4) is 0 Å². The Hall–Kier alpha value is -1.13. The molecule has 4 heteroatoms. The first-order valence-electron chi connectivity index (χ1n) is 5.80. The summed E-state index contributed by atoms with van der Waals surface area (Å²) in [4.78, 5) is 6.83. The highest BCUT2D eigenvalue weighted by Crippen LogP contribution is 2.20. The van der Waals surface area contributed by atoms with E-state index in [1.165, 1.54) is 5.01 Å². The molecular weight excluding hydrogens is 232 g/mol. The maximum atomic E-state index is 5.33. The van der Waals surface area contributed by atoms with Crippen LogP contribution in [0.4, 0.5) is 0 Å². The molecule has 2 rings (SSSR count). The maximum Gasteiger partial charge on any atom is 0.117 e. The van der Waals surface area contributed by atoms with Gasteiger partial charge in [0.2, 0.25) is 0 Å². The van der Waals surface area contributed by atoms with E-state index in [0.717, 1.165) is 24.5 Å². The molecule has 0 aromatic carbocycles. The number of hydrogen-bond acceptors (Lipinski definition) is 4. The van der Waals surface area contributed by atoms with Gasteiger partial charge in [-0.2, -0.15) is 0 Å². The monoisotopic (exact) mass is 250 g/mol. The minimum absolute atomic E-state index is 0.518. The number of thiazole rings is 1. The van der Waals surface area contributed by atoms with Crippen molar-refractivity contribution in [3.63, 3.8) is 0 Å². The number of rotatable bonds is 5. The molecule has 0 aliphatic heterocycles. The van der Waals surface area contributed by atoms with Gasteiger partial charge in [0.05, 0.1) is 23.5 Å². The molecule has 0 bridgehead atoms. The van der Waals surface area contributed by atoms with Crippen molar-refractivity contribution in [1.29, 1.82) is 0 Å². The van der Waals surface area contributed by atoms with Gasteiger partial charge in [0, 0.05) is 17.8 Å². The quantitative estimate of drug-likeness (QED) is 0.813. The van der Waals surface area contributed by atoms with Crippen LogP contribution in [-0.2, 0) is 13.1 Å². The molecule has 2 aromatic heterocycles. The van der Waals surface area contributed by atoms with Crippen LogP contribution >= 0.6 is 11.3 Å². The van der Waals surface area contributed by atoms with E-state index in [2.05, 4.69) is 36.2 Å². The van der Waals surface area contributed by atoms with Crippen LogP contribution in [0, 0.1) is 0 Å². The lowest BCUT2D eigenvalue weighted by Gasteiger charge is -2.13. The molecule has 3 nitrogen and oxygen atoms in total. The third-order valence-corrected chi connectivity index (χ3v) is 3.70. The summed E-state index contributed by atoms with van der Waals surface area (Å²) in [6.07, 6.45) is 1.71. The second kappa shape index (κ2) is 5.47. The van der Waals surface area contributed by atoms with Crippen LogP contribution in [-0.4, -0.2) is 16.9 Å². The van der Waals surface area contributed by atoms with Crippen molar-refractivity contribution >= 4 is 11.3 Å². The third kappa shape index (κ3) is 3.41. The Balaban J connectivity index is 1.91. The summed E-state index contributed by atoms with van der Waals surface area (Å²) in [5, 5.41) is 3.36. The van der Waals surface area contributed by atoms with Crippen molar-refractivity contribution in [2.24, 2.45) is 0 Å². The predicted molar refractivity (Wildman–Crippen MR) is 70.1 cm³/mol. The molecule has 0 aliphatic carbocycles. The van der Waals surface area contributed by atoms with E-state index >= 15 is 0 Å². The number of furan rings is 1. The lowest BCUT2D eigenvalue weighted by molar-refractivity contribution is 0.285. The molecule has 0 fully saturated rings. The average molecular weight is 250 g/mol. The van der Waals surface area contributed by atoms with Crippen LogP contribution in [0.3, 0.4) is 0 Å². The minimum Gasteiger partial charge on any atom is -0.468 e. The standard InChI is InChI=1S/C13H18N2OS/c1-10(2)13-14-11(9-17-13)7-15(3)8-12-5-4-6-16-12/h4-6,9-10H,7-8H2,1-3H3. The largest absolute Gasteiger partial charge is 0.468 e. The van der Waals surface area contributed by atoms with E-state index < -0.39 is 0 Å². The van der Waals surface area contributed by atoms with E-state index in [1.54, 1.807) is 17.6 Å². The molecule has 0 radical (unpaired) electrons. The van der Waals surface area contributed by atoms with Crippen molar-refractivity contribution in [2.45, 2.75) is 32.9 Å². The Labute approximate surface area is 106 Å². The van der Waals surface area contributed by atoms with Crippen molar-refractivity contribution < 1.29 is 4.42 Å². The zero-order valence-corrected chi connectivity index (χ0v) is 11.3. The summed E-state index contributed by atoms with van der Waals surface area (Å²) < 4.78 is 5.33. The van der Waals surface area contributed by atoms with Crippen molar-refractivity contribution in [3.05, 3.63) is 40.2 Å². The molecule has 0 unspecified atom stereocenters. The van der Waals surface area contributed by atoms with Gasteiger partial charge in [0.15, 0.2) is 0 Å². The Bertz CT molecular complexity index is 448. The zero-order valence-electron chi connectivity index (χ0n) is 10.5. The van der Waals surface area contributed by atoms with E-state index in [9.17, 15) is 0 Å². The summed E-state index contributed by atoms with van der Waals surface area (Å²) >= 11 is 1.75. The first-order valence-corrected chi connectivity index (χ1v) is 6.68. The highest BCUT2D eigenvalue weighted by molar-refractivity contribution is 7.09. The Morgan fingerprint density at radius 3 is 2.82 bits per heavy atom. The summed E-state index contributed by atoms with van der Waals surface area (Å²) in [7, 11) is 2.08. The first kappa shape index (κ1) is 12.3. The van der Waals surface area contributed by atoms with Gasteiger partial charge in [-0.05, 0) is 19.2 Å². The van der Waals surface area contributed by atoms with Crippen LogP contribution in [0.15, 0.2) is 28.2 Å². The van der Waals surface area contributed by atoms with E-state index in [4.69, 9.17) is 4.42 Å². The highest BCUT2D eigenvalue weighted by Gasteiger charge is 2.08. The van der Waals surface area contributed by atoms with Gasteiger partial charge >= 0.3 is 0 Å². The second-order valence-electron chi connectivity index (χ2n) is 4.58. The molecule has 0 atom stereocenters. The SMILES string of the molecule is CC(C)c1nc(CN(C)Cc2ccco2)cs1. The molecule has 2 aromatic rings. The van der Waals surface area contributed by atoms with Crippen LogP contribution < -0.4 is 0 Å². The van der Waals surface area contributed by atoms with Gasteiger partial charge in [-0.25, -0.2) is 4.98 Å². The Morgan fingerprint density at radius 2 is 2.24 bits per heavy atom. The molecule has 0 spiro atoms. The van der Waals surface area contributed by atoms with Crippen LogP contribution in [0.1, 0.15) is 36.2 Å². The van der Waals surface area contributed by atoms with Gasteiger partial charge in [0.25, 0.3) is 0 Å². The zero-order chi connectivity index (χ0) is 12.3. The van der Waals surface area contributed by atoms with Crippen molar-refractivity contribution in [1.82, 2.24) is 9.88 Å². The molecular formula is C13H18N2OS. The number of aromatic nitrogens is 1. The molecule has 2 heterocycles. The fraction of sp³-hybridized carbons (Fsp3) is 0.462. The Morgan fingerprint density at radius 1 is 1.41 bits per heavy atom. The summed E-state index contributed by atoms with van der Waals surface area (Å²) in [6.45, 7) is 6.04. The molecule has 0 saturated carbocycles. The normalized spacial score (nSPS) is 11.6. The average Bonchev–Trinajstić information content (AvgIpc) is 2.88. The summed E-state index contributed by atoms with van der Waals surface area (Å²) in [5.41, 5.74) is 1.15. The lowest BCUT2D eigenvalue weighted by atomic mass is 10.2. The van der Waals surface area contributed by atoms with Crippen LogP contribution in [0.25, 0.3) is 0 Å². The summed E-state index contributed by atoms with van der Waals surface area (Å²) in [5.74, 6) is 1.51. The van der Waals surface area contributed by atoms with E-state index in [1.807, 2.05) is 12.1 Å². The lowest BCUT2D eigenvalue weighted by Crippen LogP contribution is -2.17. The molecule has 0 saturated heterocycles. The van der Waals surface area contributed by atoms with Gasteiger partial charge in [0.1, 0.15) is 5.76 Å². The number of nitrogens with zero attached hydrogens (tertiary/aromatic N) is 2. The minimum atomic E-state index is 0.518. The van der Waals surface area contributed by atoms with Crippen LogP contribution in [0.2, 0.25) is 0 Å². The Kier molecular flexibility index (Phi) is 3.97. The molecule has 92 valence electrons. The predicted octanol–water partition coefficient (Wildman–Crippen LogP) is 3.49. The third-order valence-electron chi connectivity index (χ3n) is 2.50.